The Labute approximate surface area is 154 Å². The number of alkyl halides is 3. The molecule has 2 rings (SSSR count). The van der Waals surface area contributed by atoms with Crippen LogP contribution in [0.2, 0.25) is 0 Å². The molecule has 0 bridgehead atoms. The Balaban J connectivity index is 1.83. The molecule has 1 heterocycles. The standard InChI is InChI=1S/C18H20F3N3OS/c1-17(2,26-15-9-8-13(12-24-15)18(19,20)21)16(25)23-11-10-22-14-6-4-3-5-7-14/h3-9,12,22H,10-11H2,1-2H3,(H,23,25). The SMILES string of the molecule is CC(C)(Sc1ccc(C(F)(F)F)cn1)C(=O)NCCNc1ccccc1. The molecule has 4 nitrogen and oxygen atoms in total. The molecule has 0 radical (unpaired) electrons. The molecular formula is C18H20F3N3OS. The maximum absolute atomic E-state index is 12.6. The van der Waals surface area contributed by atoms with Gasteiger partial charge in [0.2, 0.25) is 5.91 Å². The van der Waals surface area contributed by atoms with E-state index in [1.165, 1.54) is 6.07 Å². The van der Waals surface area contributed by atoms with Crippen LogP contribution in [-0.2, 0) is 11.0 Å². The summed E-state index contributed by atoms with van der Waals surface area (Å²) >= 11 is 1.12. The highest BCUT2D eigenvalue weighted by Gasteiger charge is 2.32. The van der Waals surface area contributed by atoms with Gasteiger partial charge in [-0.05, 0) is 38.1 Å². The van der Waals surface area contributed by atoms with Gasteiger partial charge in [-0.1, -0.05) is 30.0 Å². The summed E-state index contributed by atoms with van der Waals surface area (Å²) in [5, 5.41) is 6.36. The lowest BCUT2D eigenvalue weighted by Crippen LogP contribution is -2.41. The Morgan fingerprint density at radius 3 is 2.35 bits per heavy atom. The fraction of sp³-hybridized carbons (Fsp3) is 0.333. The first-order chi connectivity index (χ1) is 12.2. The summed E-state index contributed by atoms with van der Waals surface area (Å²) in [6.07, 6.45) is -3.64. The highest BCUT2D eigenvalue weighted by Crippen LogP contribution is 2.33. The second-order valence-corrected chi connectivity index (χ2v) is 7.69. The molecule has 0 saturated carbocycles. The van der Waals surface area contributed by atoms with Crippen LogP contribution in [0.15, 0.2) is 53.7 Å². The van der Waals surface area contributed by atoms with Crippen molar-refractivity contribution in [2.45, 2.75) is 29.8 Å². The Morgan fingerprint density at radius 2 is 1.77 bits per heavy atom. The molecule has 1 amide bonds. The van der Waals surface area contributed by atoms with Crippen LogP contribution in [0.1, 0.15) is 19.4 Å². The molecule has 0 spiro atoms. The number of hydrogen-bond donors (Lipinski definition) is 2. The van der Waals surface area contributed by atoms with Gasteiger partial charge in [-0.3, -0.25) is 4.79 Å². The molecule has 1 aromatic heterocycles. The van der Waals surface area contributed by atoms with Crippen LogP contribution in [0, 0.1) is 0 Å². The van der Waals surface area contributed by atoms with Crippen LogP contribution in [0.3, 0.4) is 0 Å². The van der Waals surface area contributed by atoms with Crippen molar-refractivity contribution in [3.05, 3.63) is 54.2 Å². The molecule has 0 saturated heterocycles. The molecule has 8 heteroatoms. The molecule has 0 aliphatic heterocycles. The Bertz CT molecular complexity index is 719. The highest BCUT2D eigenvalue weighted by atomic mass is 32.2. The van der Waals surface area contributed by atoms with Gasteiger partial charge in [-0.25, -0.2) is 4.98 Å². The van der Waals surface area contributed by atoms with Crippen molar-refractivity contribution in [1.29, 1.82) is 0 Å². The van der Waals surface area contributed by atoms with Crippen LogP contribution < -0.4 is 10.6 Å². The summed E-state index contributed by atoms with van der Waals surface area (Å²) in [5.74, 6) is -0.209. The molecule has 26 heavy (non-hydrogen) atoms. The van der Waals surface area contributed by atoms with E-state index in [0.717, 1.165) is 29.7 Å². The minimum atomic E-state index is -4.42. The normalized spacial score (nSPS) is 11.9. The number of rotatable bonds is 7. The van der Waals surface area contributed by atoms with E-state index in [1.54, 1.807) is 13.8 Å². The predicted octanol–water partition coefficient (Wildman–Crippen LogP) is 4.20. The number of anilines is 1. The first-order valence-corrected chi connectivity index (χ1v) is 8.79. The molecule has 0 aliphatic carbocycles. The fourth-order valence-corrected chi connectivity index (χ4v) is 3.00. The molecule has 2 N–H and O–H groups in total. The summed E-state index contributed by atoms with van der Waals surface area (Å²) in [7, 11) is 0. The molecule has 1 aromatic carbocycles. The molecule has 0 atom stereocenters. The smallest absolute Gasteiger partial charge is 0.383 e. The average Bonchev–Trinajstić information content (AvgIpc) is 2.58. The third kappa shape index (κ3) is 5.94. The summed E-state index contributed by atoms with van der Waals surface area (Å²) in [5.41, 5.74) is 0.153. The van der Waals surface area contributed by atoms with Crippen molar-refractivity contribution >= 4 is 23.4 Å². The van der Waals surface area contributed by atoms with Crippen molar-refractivity contribution in [1.82, 2.24) is 10.3 Å². The van der Waals surface area contributed by atoms with Gasteiger partial charge in [-0.15, -0.1) is 0 Å². The van der Waals surface area contributed by atoms with Crippen molar-refractivity contribution in [2.24, 2.45) is 0 Å². The quantitative estimate of drug-likeness (QED) is 0.556. The molecular weight excluding hydrogens is 363 g/mol. The molecule has 0 fully saturated rings. The zero-order valence-electron chi connectivity index (χ0n) is 14.4. The summed E-state index contributed by atoms with van der Waals surface area (Å²) in [6, 6.07) is 11.8. The van der Waals surface area contributed by atoms with Gasteiger partial charge in [0.1, 0.15) is 0 Å². The number of halogens is 3. The number of pyridine rings is 1. The first-order valence-electron chi connectivity index (χ1n) is 7.98. The van der Waals surface area contributed by atoms with Crippen LogP contribution in [0.5, 0.6) is 0 Å². The van der Waals surface area contributed by atoms with E-state index in [4.69, 9.17) is 0 Å². The maximum atomic E-state index is 12.6. The van der Waals surface area contributed by atoms with Gasteiger partial charge >= 0.3 is 6.18 Å². The molecule has 0 unspecified atom stereocenters. The Morgan fingerprint density at radius 1 is 1.08 bits per heavy atom. The van der Waals surface area contributed by atoms with E-state index in [9.17, 15) is 18.0 Å². The number of benzene rings is 1. The summed E-state index contributed by atoms with van der Waals surface area (Å²) in [4.78, 5) is 16.1. The Kier molecular flexibility index (Phi) is 6.52. The molecule has 2 aromatic rings. The number of hydrogen-bond acceptors (Lipinski definition) is 4. The third-order valence-corrected chi connectivity index (χ3v) is 4.63. The lowest BCUT2D eigenvalue weighted by atomic mass is 10.2. The van der Waals surface area contributed by atoms with E-state index in [1.807, 2.05) is 30.3 Å². The number of para-hydroxylation sites is 1. The highest BCUT2D eigenvalue weighted by molar-refractivity contribution is 8.01. The van der Waals surface area contributed by atoms with E-state index in [2.05, 4.69) is 15.6 Å². The molecule has 140 valence electrons. The van der Waals surface area contributed by atoms with Crippen LogP contribution >= 0.6 is 11.8 Å². The van der Waals surface area contributed by atoms with E-state index < -0.39 is 16.5 Å². The zero-order chi connectivity index (χ0) is 19.2. The van der Waals surface area contributed by atoms with Crippen molar-refractivity contribution < 1.29 is 18.0 Å². The van der Waals surface area contributed by atoms with E-state index >= 15 is 0 Å². The number of amides is 1. The second-order valence-electron chi connectivity index (χ2n) is 6.04. The second kappa shape index (κ2) is 8.44. The summed E-state index contributed by atoms with van der Waals surface area (Å²) in [6.45, 7) is 4.40. The minimum Gasteiger partial charge on any atom is -0.383 e. The largest absolute Gasteiger partial charge is 0.417 e. The van der Waals surface area contributed by atoms with Crippen molar-refractivity contribution in [2.75, 3.05) is 18.4 Å². The van der Waals surface area contributed by atoms with E-state index in [-0.39, 0.29) is 5.91 Å². The number of thioether (sulfide) groups is 1. The van der Waals surface area contributed by atoms with Crippen molar-refractivity contribution in [3.8, 4) is 0 Å². The maximum Gasteiger partial charge on any atom is 0.417 e. The third-order valence-electron chi connectivity index (χ3n) is 3.48. The number of carbonyl (C=O) groups excluding carboxylic acids is 1. The molecule has 0 aliphatic rings. The van der Waals surface area contributed by atoms with E-state index in [0.29, 0.717) is 18.1 Å². The monoisotopic (exact) mass is 383 g/mol. The number of nitrogens with one attached hydrogen (secondary N) is 2. The lowest BCUT2D eigenvalue weighted by molar-refractivity contribution is -0.137. The number of carbonyl (C=O) groups is 1. The predicted molar refractivity (Wildman–Crippen MR) is 97.1 cm³/mol. The van der Waals surface area contributed by atoms with Crippen LogP contribution in [0.4, 0.5) is 18.9 Å². The van der Waals surface area contributed by atoms with Gasteiger partial charge in [0.15, 0.2) is 0 Å². The Hall–Kier alpha value is -2.22. The van der Waals surface area contributed by atoms with Gasteiger partial charge in [0, 0.05) is 25.0 Å². The average molecular weight is 383 g/mol. The lowest BCUT2D eigenvalue weighted by Gasteiger charge is -2.22. The van der Waals surface area contributed by atoms with Gasteiger partial charge in [0.25, 0.3) is 0 Å². The summed E-state index contributed by atoms with van der Waals surface area (Å²) < 4.78 is 36.8. The van der Waals surface area contributed by atoms with Crippen molar-refractivity contribution in [3.63, 3.8) is 0 Å². The fourth-order valence-electron chi connectivity index (χ4n) is 2.07. The van der Waals surface area contributed by atoms with Gasteiger partial charge in [-0.2, -0.15) is 13.2 Å². The number of aromatic nitrogens is 1. The van der Waals surface area contributed by atoms with Crippen LogP contribution in [0.25, 0.3) is 0 Å². The minimum absolute atomic E-state index is 0.209. The van der Waals surface area contributed by atoms with Gasteiger partial charge in [0.05, 0.1) is 15.3 Å². The topological polar surface area (TPSA) is 54.0 Å². The van der Waals surface area contributed by atoms with Crippen LogP contribution in [-0.4, -0.2) is 28.7 Å². The zero-order valence-corrected chi connectivity index (χ0v) is 15.2. The first kappa shape index (κ1) is 20.1. The number of nitrogens with zero attached hydrogens (tertiary/aromatic N) is 1. The van der Waals surface area contributed by atoms with Gasteiger partial charge < -0.3 is 10.6 Å².